The Morgan fingerprint density at radius 1 is 1.12 bits per heavy atom. The van der Waals surface area contributed by atoms with Gasteiger partial charge in [-0.2, -0.15) is 13.2 Å². The van der Waals surface area contributed by atoms with Gasteiger partial charge in [0.2, 0.25) is 23.6 Å². The molecule has 1 aromatic carbocycles. The Balaban J connectivity index is 1.22. The van der Waals surface area contributed by atoms with Gasteiger partial charge in [-0.3, -0.25) is 24.1 Å². The number of likely N-dealkylation sites (N-methyl/N-ethyl adjacent to an activating group) is 1. The minimum absolute atomic E-state index is 0.00994. The molecule has 12 nitrogen and oxygen atoms in total. The number of benzene rings is 1. The molecule has 0 radical (unpaired) electrons. The number of halogens is 4. The molecule has 2 fully saturated rings. The van der Waals surface area contributed by atoms with E-state index in [2.05, 4.69) is 16.5 Å². The van der Waals surface area contributed by atoms with E-state index in [1.165, 1.54) is 48.0 Å². The minimum Gasteiger partial charge on any atom is -0.358 e. The van der Waals surface area contributed by atoms with Gasteiger partial charge in [-0.05, 0) is 37.3 Å². The maximum atomic E-state index is 15.7. The summed E-state index contributed by atoms with van der Waals surface area (Å²) in [5.74, 6) is -3.05. The molecule has 256 valence electrons. The van der Waals surface area contributed by atoms with Crippen molar-refractivity contribution in [3.63, 3.8) is 0 Å². The van der Waals surface area contributed by atoms with Gasteiger partial charge in [0, 0.05) is 63.7 Å². The van der Waals surface area contributed by atoms with Crippen molar-refractivity contribution in [2.75, 3.05) is 54.5 Å². The lowest BCUT2D eigenvalue weighted by Crippen LogP contribution is -2.70. The maximum Gasteiger partial charge on any atom is 0.416 e. The number of aromatic nitrogens is 3. The lowest BCUT2D eigenvalue weighted by Gasteiger charge is -2.55. The first-order chi connectivity index (χ1) is 23.2. The van der Waals surface area contributed by atoms with Crippen molar-refractivity contribution in [1.29, 1.82) is 0 Å². The van der Waals surface area contributed by atoms with Crippen LogP contribution >= 0.6 is 0 Å². The Morgan fingerprint density at radius 3 is 2.57 bits per heavy atom. The van der Waals surface area contributed by atoms with Crippen molar-refractivity contribution in [2.24, 2.45) is 5.92 Å². The highest BCUT2D eigenvalue weighted by atomic mass is 19.4. The number of alkyl halides is 3. The second-order valence-corrected chi connectivity index (χ2v) is 13.0. The summed E-state index contributed by atoms with van der Waals surface area (Å²) < 4.78 is 59.0. The molecule has 0 aliphatic carbocycles. The largest absolute Gasteiger partial charge is 0.416 e. The van der Waals surface area contributed by atoms with Crippen LogP contribution in [0.25, 0.3) is 0 Å². The molecule has 16 heteroatoms. The van der Waals surface area contributed by atoms with Crippen molar-refractivity contribution in [3.8, 4) is 0 Å². The van der Waals surface area contributed by atoms with Gasteiger partial charge in [0.1, 0.15) is 23.5 Å². The Morgan fingerprint density at radius 2 is 1.86 bits per heavy atom. The van der Waals surface area contributed by atoms with Gasteiger partial charge in [0.05, 0.1) is 35.6 Å². The molecule has 1 spiro atoms. The van der Waals surface area contributed by atoms with Gasteiger partial charge in [-0.1, -0.05) is 12.6 Å². The Kier molecular flexibility index (Phi) is 7.52. The normalized spacial score (nSPS) is 21.6. The number of hydrogen-bond acceptors (Lipinski definition) is 7. The predicted molar refractivity (Wildman–Crippen MR) is 168 cm³/mol. The fourth-order valence-corrected chi connectivity index (χ4v) is 7.59. The van der Waals surface area contributed by atoms with E-state index in [-0.39, 0.29) is 67.3 Å². The number of nitrogens with zero attached hydrogens (tertiary/aromatic N) is 8. The summed E-state index contributed by atoms with van der Waals surface area (Å²) in [4.78, 5) is 69.5. The smallest absolute Gasteiger partial charge is 0.358 e. The molecule has 2 atom stereocenters. The molecular weight excluding hydrogens is 648 g/mol. The average Bonchev–Trinajstić information content (AvgIpc) is 3.64. The number of anilines is 3. The highest BCUT2D eigenvalue weighted by molar-refractivity contribution is 6.10. The Labute approximate surface area is 278 Å². The number of aryl methyl sites for hydroxylation is 1. The summed E-state index contributed by atoms with van der Waals surface area (Å²) in [6.07, 6.45) is -0.289. The van der Waals surface area contributed by atoms with Crippen molar-refractivity contribution in [2.45, 2.75) is 37.6 Å². The van der Waals surface area contributed by atoms with E-state index >= 15 is 4.39 Å². The van der Waals surface area contributed by atoms with Crippen LogP contribution in [0.2, 0.25) is 0 Å². The van der Waals surface area contributed by atoms with Gasteiger partial charge in [-0.25, -0.2) is 14.4 Å². The fraction of sp³-hybridized carbons (Fsp3) is 0.394. The second kappa shape index (κ2) is 11.4. The molecule has 2 saturated heterocycles. The van der Waals surface area contributed by atoms with E-state index in [4.69, 9.17) is 0 Å². The van der Waals surface area contributed by atoms with Gasteiger partial charge in [0.25, 0.3) is 0 Å². The third-order valence-electron chi connectivity index (χ3n) is 9.81. The van der Waals surface area contributed by atoms with Gasteiger partial charge >= 0.3 is 6.18 Å². The number of rotatable bonds is 4. The number of fused-ring (bicyclic) bond motifs is 4. The van der Waals surface area contributed by atoms with Gasteiger partial charge in [0.15, 0.2) is 0 Å². The zero-order valence-corrected chi connectivity index (χ0v) is 26.7. The van der Waals surface area contributed by atoms with Crippen LogP contribution in [-0.2, 0) is 37.4 Å². The summed E-state index contributed by atoms with van der Waals surface area (Å²) in [5.41, 5.74) is -1.49. The molecule has 4 aliphatic heterocycles. The Bertz CT molecular complexity index is 1900. The monoisotopic (exact) mass is 680 g/mol. The van der Waals surface area contributed by atoms with E-state index in [9.17, 15) is 32.3 Å². The molecule has 0 N–H and O–H groups in total. The molecule has 7 rings (SSSR count). The van der Waals surface area contributed by atoms with E-state index in [0.29, 0.717) is 18.9 Å². The van der Waals surface area contributed by atoms with Crippen LogP contribution in [0.3, 0.4) is 0 Å². The van der Waals surface area contributed by atoms with Crippen LogP contribution in [0.1, 0.15) is 23.5 Å². The molecule has 4 amide bonds. The summed E-state index contributed by atoms with van der Waals surface area (Å²) in [7, 11) is 1.40. The fourth-order valence-electron chi connectivity index (χ4n) is 7.59. The lowest BCUT2D eigenvalue weighted by atomic mass is 9.86. The number of amides is 4. The first kappa shape index (κ1) is 32.3. The number of para-hydroxylation sites is 1. The molecular formula is C33H32F4N8O4. The first-order valence-corrected chi connectivity index (χ1v) is 15.6. The van der Waals surface area contributed by atoms with Gasteiger partial charge < -0.3 is 24.2 Å². The summed E-state index contributed by atoms with van der Waals surface area (Å²) in [6, 6.07) is 4.46. The molecule has 0 bridgehead atoms. The van der Waals surface area contributed by atoms with Crippen LogP contribution in [-0.4, -0.2) is 93.8 Å². The highest BCUT2D eigenvalue weighted by Crippen LogP contribution is 2.42. The number of hydrogen-bond donors (Lipinski definition) is 0. The predicted octanol–water partition coefficient (Wildman–Crippen LogP) is 2.71. The molecule has 49 heavy (non-hydrogen) atoms. The van der Waals surface area contributed by atoms with Crippen LogP contribution < -0.4 is 14.7 Å². The zero-order valence-electron chi connectivity index (χ0n) is 26.7. The summed E-state index contributed by atoms with van der Waals surface area (Å²) in [5, 5.41) is 0. The van der Waals surface area contributed by atoms with E-state index in [0.717, 1.165) is 17.0 Å². The summed E-state index contributed by atoms with van der Waals surface area (Å²) >= 11 is 0. The van der Waals surface area contributed by atoms with Crippen LogP contribution in [0.15, 0.2) is 55.4 Å². The van der Waals surface area contributed by atoms with E-state index < -0.39 is 46.9 Å². The number of likely N-dealkylation sites (tertiary alicyclic amines) is 1. The molecule has 3 aromatic rings. The van der Waals surface area contributed by atoms with Crippen molar-refractivity contribution < 1.29 is 36.7 Å². The average molecular weight is 681 g/mol. The van der Waals surface area contributed by atoms with Gasteiger partial charge in [-0.15, -0.1) is 0 Å². The first-order valence-electron chi connectivity index (χ1n) is 15.6. The molecule has 2 aromatic heterocycles. The quantitative estimate of drug-likeness (QED) is 0.308. The summed E-state index contributed by atoms with van der Waals surface area (Å²) in [6.45, 7) is 5.55. The standard InChI is InChI=1S/C33H32F4N8O4/c1-4-26(46)43-17-32(18-43)16-42(14-25-38-8-9-44(25)32)28(48)15-41-13-20-11-27(47)45(24-12-21(33(35,36)37)10-19(2)39-24)29(20)31(49)40(3)23-7-5-6-22(34)30(23)41/h4-10,12,20,29H,1,11,13-18H2,2-3H3/t20-,29+/m1/s1. The maximum absolute atomic E-state index is 15.7. The highest BCUT2D eigenvalue weighted by Gasteiger charge is 2.52. The second-order valence-electron chi connectivity index (χ2n) is 13.0. The number of carbonyl (C=O) groups is 4. The van der Waals surface area contributed by atoms with E-state index in [1.807, 2.05) is 10.8 Å². The molecule has 4 aliphatic rings. The molecule has 6 heterocycles. The zero-order chi connectivity index (χ0) is 35.0. The van der Waals surface area contributed by atoms with Crippen LogP contribution in [0.4, 0.5) is 34.8 Å². The number of carbonyl (C=O) groups excluding carboxylic acids is 4. The topological polar surface area (TPSA) is 115 Å². The number of pyridine rings is 1. The third kappa shape index (κ3) is 5.29. The SMILES string of the molecule is C=CC(=O)N1CC2(C1)CN(C(=O)CN1C[C@H]3CC(=O)N(c4cc(C(F)(F)F)cc(C)n4)[C@@H]3C(=O)N(C)c3cccc(F)c31)Cc1nccn12. The van der Waals surface area contributed by atoms with Crippen molar-refractivity contribution in [1.82, 2.24) is 24.3 Å². The van der Waals surface area contributed by atoms with Crippen LogP contribution in [0, 0.1) is 18.7 Å². The van der Waals surface area contributed by atoms with E-state index in [1.54, 1.807) is 16.0 Å². The number of imidazole rings is 1. The lowest BCUT2D eigenvalue weighted by molar-refractivity contribution is -0.144. The van der Waals surface area contributed by atoms with Crippen LogP contribution in [0.5, 0.6) is 0 Å². The van der Waals surface area contributed by atoms with Crippen molar-refractivity contribution >= 4 is 40.8 Å². The van der Waals surface area contributed by atoms with Crippen molar-refractivity contribution in [3.05, 3.63) is 78.3 Å². The molecule has 0 saturated carbocycles. The minimum atomic E-state index is -4.72. The Hall–Kier alpha value is -5.28. The third-order valence-corrected chi connectivity index (χ3v) is 9.81. The molecule has 0 unspecified atom stereocenters.